The van der Waals surface area contributed by atoms with Crippen LogP contribution in [-0.4, -0.2) is 25.0 Å². The van der Waals surface area contributed by atoms with Crippen LogP contribution in [-0.2, 0) is 11.3 Å². The molecule has 19 heavy (non-hydrogen) atoms. The van der Waals surface area contributed by atoms with Gasteiger partial charge in [0.2, 0.25) is 5.91 Å². The van der Waals surface area contributed by atoms with Gasteiger partial charge in [-0.25, -0.2) is 4.39 Å². The average Bonchev–Trinajstić information content (AvgIpc) is 2.92. The fraction of sp³-hybridized carbons (Fsp3) is 0.533. The fourth-order valence-electron chi connectivity index (χ4n) is 2.64. The van der Waals surface area contributed by atoms with E-state index >= 15 is 0 Å². The van der Waals surface area contributed by atoms with E-state index in [0.29, 0.717) is 6.54 Å². The summed E-state index contributed by atoms with van der Waals surface area (Å²) >= 11 is 0. The van der Waals surface area contributed by atoms with Gasteiger partial charge in [0.15, 0.2) is 11.6 Å². The monoisotopic (exact) mass is 265 g/mol. The van der Waals surface area contributed by atoms with E-state index in [1.807, 2.05) is 0 Å². The molecule has 1 aromatic rings. The Morgan fingerprint density at radius 2 is 2.11 bits per heavy atom. The summed E-state index contributed by atoms with van der Waals surface area (Å²) in [5, 5.41) is 0. The molecule has 0 aliphatic heterocycles. The van der Waals surface area contributed by atoms with Crippen LogP contribution in [0.2, 0.25) is 0 Å². The summed E-state index contributed by atoms with van der Waals surface area (Å²) in [7, 11) is 3.22. The number of nitrogens with zero attached hydrogens (tertiary/aromatic N) is 1. The molecule has 2 rings (SSSR count). The zero-order chi connectivity index (χ0) is 13.8. The number of hydrogen-bond donors (Lipinski definition) is 0. The number of ether oxygens (including phenoxy) is 1. The Balaban J connectivity index is 1.99. The van der Waals surface area contributed by atoms with Crippen molar-refractivity contribution in [3.63, 3.8) is 0 Å². The van der Waals surface area contributed by atoms with Crippen LogP contribution in [0, 0.1) is 11.7 Å². The van der Waals surface area contributed by atoms with Crippen molar-refractivity contribution in [1.82, 2.24) is 4.90 Å². The highest BCUT2D eigenvalue weighted by Crippen LogP contribution is 2.27. The summed E-state index contributed by atoms with van der Waals surface area (Å²) in [6, 6.07) is 4.82. The third kappa shape index (κ3) is 3.25. The molecule has 1 aromatic carbocycles. The highest BCUT2D eigenvalue weighted by molar-refractivity contribution is 5.78. The molecule has 0 spiro atoms. The lowest BCUT2D eigenvalue weighted by atomic mass is 10.1. The number of carbonyl (C=O) groups excluding carboxylic acids is 1. The first-order valence-electron chi connectivity index (χ1n) is 6.69. The van der Waals surface area contributed by atoms with Gasteiger partial charge in [-0.3, -0.25) is 4.79 Å². The first-order valence-corrected chi connectivity index (χ1v) is 6.69. The summed E-state index contributed by atoms with van der Waals surface area (Å²) in [4.78, 5) is 13.9. The molecule has 104 valence electrons. The van der Waals surface area contributed by atoms with Crippen molar-refractivity contribution >= 4 is 5.91 Å². The molecule has 4 heteroatoms. The quantitative estimate of drug-likeness (QED) is 0.837. The van der Waals surface area contributed by atoms with Gasteiger partial charge in [-0.2, -0.15) is 0 Å². The van der Waals surface area contributed by atoms with Crippen molar-refractivity contribution < 1.29 is 13.9 Å². The molecule has 0 radical (unpaired) electrons. The van der Waals surface area contributed by atoms with E-state index in [9.17, 15) is 9.18 Å². The Hall–Kier alpha value is -1.58. The van der Waals surface area contributed by atoms with E-state index < -0.39 is 0 Å². The zero-order valence-corrected chi connectivity index (χ0v) is 11.5. The summed E-state index contributed by atoms with van der Waals surface area (Å²) in [5.41, 5.74) is 0.784. The molecular weight excluding hydrogens is 245 g/mol. The molecule has 3 nitrogen and oxygen atoms in total. The average molecular weight is 265 g/mol. The van der Waals surface area contributed by atoms with Crippen LogP contribution in [0.1, 0.15) is 31.2 Å². The van der Waals surface area contributed by atoms with Crippen LogP contribution >= 0.6 is 0 Å². The lowest BCUT2D eigenvalue weighted by molar-refractivity contribution is -0.134. The zero-order valence-electron chi connectivity index (χ0n) is 11.5. The van der Waals surface area contributed by atoms with Crippen molar-refractivity contribution in [2.75, 3.05) is 14.2 Å². The summed E-state index contributed by atoms with van der Waals surface area (Å²) in [5.74, 6) is 0.178. The van der Waals surface area contributed by atoms with Crippen molar-refractivity contribution in [2.45, 2.75) is 32.2 Å². The smallest absolute Gasteiger partial charge is 0.225 e. The molecule has 0 unspecified atom stereocenters. The number of halogens is 1. The van der Waals surface area contributed by atoms with Crippen molar-refractivity contribution in [3.8, 4) is 5.75 Å². The number of carbonyl (C=O) groups is 1. The highest BCUT2D eigenvalue weighted by atomic mass is 19.1. The molecule has 0 aromatic heterocycles. The van der Waals surface area contributed by atoms with E-state index in [2.05, 4.69) is 0 Å². The topological polar surface area (TPSA) is 29.5 Å². The van der Waals surface area contributed by atoms with Gasteiger partial charge in [0.25, 0.3) is 0 Å². The standard InChI is InChI=1S/C15H20FNO2/c1-17(15(18)12-5-3-4-6-12)10-11-7-8-14(19-2)13(16)9-11/h7-9,12H,3-6,10H2,1-2H3. The van der Waals surface area contributed by atoms with E-state index in [4.69, 9.17) is 4.74 Å². The summed E-state index contributed by atoms with van der Waals surface area (Å²) in [6.45, 7) is 0.441. The molecule has 1 fully saturated rings. The Kier molecular flexibility index (Phi) is 4.40. The number of amides is 1. The minimum absolute atomic E-state index is 0.160. The maximum absolute atomic E-state index is 13.6. The number of hydrogen-bond acceptors (Lipinski definition) is 2. The highest BCUT2D eigenvalue weighted by Gasteiger charge is 2.25. The van der Waals surface area contributed by atoms with Gasteiger partial charge in [0.1, 0.15) is 0 Å². The third-order valence-corrected chi connectivity index (χ3v) is 3.72. The second kappa shape index (κ2) is 6.04. The lowest BCUT2D eigenvalue weighted by Gasteiger charge is -2.21. The van der Waals surface area contributed by atoms with Crippen molar-refractivity contribution in [2.24, 2.45) is 5.92 Å². The van der Waals surface area contributed by atoms with Gasteiger partial charge < -0.3 is 9.64 Å². The Morgan fingerprint density at radius 3 is 2.68 bits per heavy atom. The van der Waals surface area contributed by atoms with Gasteiger partial charge in [-0.15, -0.1) is 0 Å². The van der Waals surface area contributed by atoms with E-state index in [1.165, 1.54) is 13.2 Å². The lowest BCUT2D eigenvalue weighted by Crippen LogP contribution is -2.31. The van der Waals surface area contributed by atoms with E-state index in [0.717, 1.165) is 31.2 Å². The maximum atomic E-state index is 13.6. The Morgan fingerprint density at radius 1 is 1.42 bits per heavy atom. The molecule has 0 saturated heterocycles. The molecule has 1 amide bonds. The largest absolute Gasteiger partial charge is 0.494 e. The SMILES string of the molecule is COc1ccc(CN(C)C(=O)C2CCCC2)cc1F. The van der Waals surface area contributed by atoms with Crippen LogP contribution in [0.25, 0.3) is 0 Å². The molecule has 1 saturated carbocycles. The van der Waals surface area contributed by atoms with Gasteiger partial charge in [0.05, 0.1) is 7.11 Å². The normalized spacial score (nSPS) is 15.5. The number of methoxy groups -OCH3 is 1. The number of benzene rings is 1. The summed E-state index contributed by atoms with van der Waals surface area (Å²) in [6.07, 6.45) is 4.25. The molecular formula is C15H20FNO2. The molecule has 0 N–H and O–H groups in total. The van der Waals surface area contributed by atoms with Gasteiger partial charge >= 0.3 is 0 Å². The van der Waals surface area contributed by atoms with Gasteiger partial charge in [-0.1, -0.05) is 18.9 Å². The molecule has 1 aliphatic rings. The predicted octanol–water partition coefficient (Wildman–Crippen LogP) is 2.98. The first kappa shape index (κ1) is 13.8. The number of rotatable bonds is 4. The van der Waals surface area contributed by atoms with Gasteiger partial charge in [0, 0.05) is 19.5 Å². The fourth-order valence-corrected chi connectivity index (χ4v) is 2.64. The molecule has 1 aliphatic carbocycles. The molecule has 0 heterocycles. The Labute approximate surface area is 113 Å². The van der Waals surface area contributed by atoms with E-state index in [1.54, 1.807) is 24.1 Å². The maximum Gasteiger partial charge on any atom is 0.225 e. The van der Waals surface area contributed by atoms with Gasteiger partial charge in [-0.05, 0) is 30.5 Å². The van der Waals surface area contributed by atoms with E-state index in [-0.39, 0.29) is 23.4 Å². The Bertz CT molecular complexity index is 455. The minimum atomic E-state index is -0.387. The van der Waals surface area contributed by atoms with Crippen LogP contribution in [0.4, 0.5) is 4.39 Å². The van der Waals surface area contributed by atoms with Crippen LogP contribution < -0.4 is 4.74 Å². The second-order valence-electron chi connectivity index (χ2n) is 5.14. The molecule has 0 bridgehead atoms. The minimum Gasteiger partial charge on any atom is -0.494 e. The second-order valence-corrected chi connectivity index (χ2v) is 5.14. The third-order valence-electron chi connectivity index (χ3n) is 3.72. The summed E-state index contributed by atoms with van der Waals surface area (Å²) < 4.78 is 18.5. The van der Waals surface area contributed by atoms with Crippen LogP contribution in [0.5, 0.6) is 5.75 Å². The molecule has 0 atom stereocenters. The predicted molar refractivity (Wildman–Crippen MR) is 71.4 cm³/mol. The van der Waals surface area contributed by atoms with Crippen LogP contribution in [0.3, 0.4) is 0 Å². The van der Waals surface area contributed by atoms with Crippen molar-refractivity contribution in [1.29, 1.82) is 0 Å². The van der Waals surface area contributed by atoms with Crippen molar-refractivity contribution in [3.05, 3.63) is 29.6 Å². The van der Waals surface area contributed by atoms with Crippen LogP contribution in [0.15, 0.2) is 18.2 Å². The first-order chi connectivity index (χ1) is 9.11.